The summed E-state index contributed by atoms with van der Waals surface area (Å²) in [5.41, 5.74) is 6.05. The van der Waals surface area contributed by atoms with E-state index in [0.29, 0.717) is 6.54 Å². The van der Waals surface area contributed by atoms with Crippen LogP contribution >= 0.6 is 22.7 Å². The first kappa shape index (κ1) is 19.2. The summed E-state index contributed by atoms with van der Waals surface area (Å²) in [6.45, 7) is 13.4. The fourth-order valence-electron chi connectivity index (χ4n) is 3.83. The van der Waals surface area contributed by atoms with Gasteiger partial charge in [0.2, 0.25) is 12.2 Å². The highest BCUT2D eigenvalue weighted by atomic mass is 32.1. The van der Waals surface area contributed by atoms with Crippen LogP contribution in [-0.4, -0.2) is 9.55 Å². The summed E-state index contributed by atoms with van der Waals surface area (Å²) in [7, 11) is 2.13. The lowest BCUT2D eigenvalue weighted by Gasteiger charge is -2.04. The van der Waals surface area contributed by atoms with Crippen molar-refractivity contribution in [1.82, 2.24) is 9.55 Å². The minimum atomic E-state index is 0.619. The number of hydrogen-bond acceptors (Lipinski definition) is 4. The van der Waals surface area contributed by atoms with Crippen LogP contribution in [0.1, 0.15) is 36.9 Å². The largest absolute Gasteiger partial charge is 0.442 e. The molecule has 4 rings (SSSR count). The van der Waals surface area contributed by atoms with E-state index < -0.39 is 0 Å². The second kappa shape index (κ2) is 7.01. The number of thiophene rings is 2. The number of aromatic nitrogens is 3. The maximum absolute atomic E-state index is 5.89. The number of nitrogens with zero attached hydrogens (tertiary/aromatic N) is 3. The Morgan fingerprint density at radius 2 is 1.57 bits per heavy atom. The molecule has 6 heteroatoms. The van der Waals surface area contributed by atoms with Crippen molar-refractivity contribution in [3.8, 4) is 22.5 Å². The Kier molecular flexibility index (Phi) is 4.79. The summed E-state index contributed by atoms with van der Waals surface area (Å²) in [4.78, 5) is 9.96. The van der Waals surface area contributed by atoms with E-state index in [2.05, 4.69) is 67.3 Å². The van der Waals surface area contributed by atoms with E-state index >= 15 is 0 Å². The van der Waals surface area contributed by atoms with Crippen molar-refractivity contribution in [2.24, 2.45) is 7.05 Å². The van der Waals surface area contributed by atoms with Gasteiger partial charge in [-0.05, 0) is 53.7 Å². The van der Waals surface area contributed by atoms with Crippen LogP contribution in [0, 0.1) is 41.5 Å². The Morgan fingerprint density at radius 1 is 0.964 bits per heavy atom. The average molecular weight is 413 g/mol. The van der Waals surface area contributed by atoms with Crippen molar-refractivity contribution >= 4 is 22.7 Å². The molecule has 4 aromatic heterocycles. The van der Waals surface area contributed by atoms with E-state index in [0.717, 1.165) is 17.3 Å². The van der Waals surface area contributed by atoms with Crippen LogP contribution in [0.15, 0.2) is 22.9 Å². The van der Waals surface area contributed by atoms with E-state index in [-0.39, 0.29) is 0 Å². The summed E-state index contributed by atoms with van der Waals surface area (Å²) in [6, 6.07) is 4.60. The number of rotatable bonds is 4. The van der Waals surface area contributed by atoms with E-state index in [1.54, 1.807) is 0 Å². The normalized spacial score (nSPS) is 11.5. The monoisotopic (exact) mass is 412 g/mol. The van der Waals surface area contributed by atoms with Gasteiger partial charge in [-0.15, -0.1) is 22.7 Å². The van der Waals surface area contributed by atoms with Gasteiger partial charge in [-0.2, -0.15) is 0 Å². The molecular weight excluding hydrogens is 386 g/mol. The summed E-state index contributed by atoms with van der Waals surface area (Å²) >= 11 is 3.70. The fourth-order valence-corrected chi connectivity index (χ4v) is 5.68. The van der Waals surface area contributed by atoms with E-state index in [1.165, 1.54) is 42.0 Å². The minimum Gasteiger partial charge on any atom is -0.442 e. The van der Waals surface area contributed by atoms with Gasteiger partial charge < -0.3 is 4.42 Å². The molecule has 4 aromatic rings. The number of imidazole rings is 1. The van der Waals surface area contributed by atoms with Crippen LogP contribution in [0.4, 0.5) is 0 Å². The van der Waals surface area contributed by atoms with E-state index in [9.17, 15) is 0 Å². The van der Waals surface area contributed by atoms with Crippen molar-refractivity contribution in [3.63, 3.8) is 0 Å². The third kappa shape index (κ3) is 3.25. The van der Waals surface area contributed by atoms with Gasteiger partial charge in [0.25, 0.3) is 0 Å². The van der Waals surface area contributed by atoms with Gasteiger partial charge in [0.05, 0.1) is 12.7 Å². The molecule has 0 aromatic carbocycles. The van der Waals surface area contributed by atoms with Gasteiger partial charge in [-0.3, -0.25) is 0 Å². The second-order valence-electron chi connectivity index (χ2n) is 7.45. The number of hydrogen-bond donors (Lipinski definition) is 0. The molecule has 0 N–H and O–H groups in total. The van der Waals surface area contributed by atoms with Crippen LogP contribution in [0.5, 0.6) is 0 Å². The van der Waals surface area contributed by atoms with E-state index in [1.807, 2.05) is 36.5 Å². The zero-order valence-corrected chi connectivity index (χ0v) is 19.1. The van der Waals surface area contributed by atoms with Crippen LogP contribution in [0.3, 0.4) is 0 Å². The molecule has 0 aliphatic rings. The average Bonchev–Trinajstić information content (AvgIpc) is 3.28. The Labute approximate surface area is 174 Å². The number of aryl methyl sites for hydroxylation is 7. The third-order valence-electron chi connectivity index (χ3n) is 5.15. The van der Waals surface area contributed by atoms with Gasteiger partial charge in [-0.1, -0.05) is 0 Å². The molecule has 0 aliphatic heterocycles. The van der Waals surface area contributed by atoms with Crippen molar-refractivity contribution in [1.29, 1.82) is 0 Å². The van der Waals surface area contributed by atoms with Crippen LogP contribution in [0.25, 0.3) is 22.5 Å². The highest BCUT2D eigenvalue weighted by molar-refractivity contribution is 7.12. The molecule has 0 radical (unpaired) electrons. The van der Waals surface area contributed by atoms with Crippen molar-refractivity contribution in [2.75, 3.05) is 0 Å². The third-order valence-corrected chi connectivity index (χ3v) is 7.08. The lowest BCUT2D eigenvalue weighted by Crippen LogP contribution is -2.28. The van der Waals surface area contributed by atoms with Gasteiger partial charge in [-0.25, -0.2) is 14.1 Å². The Balaban J connectivity index is 1.95. The Morgan fingerprint density at radius 3 is 2.07 bits per heavy atom. The van der Waals surface area contributed by atoms with Crippen molar-refractivity contribution < 1.29 is 8.98 Å². The minimum absolute atomic E-state index is 0.619. The Hall–Kier alpha value is -2.18. The number of oxazole rings is 1. The predicted octanol–water partition coefficient (Wildman–Crippen LogP) is 5.66. The molecule has 0 saturated heterocycles. The first-order valence-corrected chi connectivity index (χ1v) is 11.0. The maximum Gasteiger partial charge on any atom is 0.245 e. The van der Waals surface area contributed by atoms with Crippen molar-refractivity contribution in [2.45, 2.75) is 48.1 Å². The van der Waals surface area contributed by atoms with Gasteiger partial charge in [0.15, 0.2) is 17.9 Å². The zero-order chi connectivity index (χ0) is 20.2. The molecule has 28 heavy (non-hydrogen) atoms. The Bertz CT molecular complexity index is 1150. The molecule has 0 atom stereocenters. The molecule has 146 valence electrons. The summed E-state index contributed by atoms with van der Waals surface area (Å²) < 4.78 is 10.4. The SMILES string of the molecule is Cc1cc(-c2c(-c3cc(C)sc3C)[n+](C)cn2Cc2nc(C)c(C)o2)c(C)s1. The first-order chi connectivity index (χ1) is 13.2. The quantitative estimate of drug-likeness (QED) is 0.406. The second-order valence-corrected chi connectivity index (χ2v) is 10.4. The highest BCUT2D eigenvalue weighted by Crippen LogP contribution is 2.39. The molecule has 0 amide bonds. The molecule has 0 fully saturated rings. The molecule has 0 spiro atoms. The highest BCUT2D eigenvalue weighted by Gasteiger charge is 2.29. The van der Waals surface area contributed by atoms with Crippen LogP contribution in [0.2, 0.25) is 0 Å². The molecule has 4 nitrogen and oxygen atoms in total. The summed E-state index contributed by atoms with van der Waals surface area (Å²) in [5, 5.41) is 0. The van der Waals surface area contributed by atoms with Crippen LogP contribution < -0.4 is 4.57 Å². The summed E-state index contributed by atoms with van der Waals surface area (Å²) in [5.74, 6) is 1.64. The molecule has 0 aliphatic carbocycles. The molecule has 4 heterocycles. The van der Waals surface area contributed by atoms with Crippen molar-refractivity contribution in [3.05, 3.63) is 55.3 Å². The zero-order valence-electron chi connectivity index (χ0n) is 17.5. The molecule has 0 saturated carbocycles. The fraction of sp³-hybridized carbons (Fsp3) is 0.364. The molecule has 0 bridgehead atoms. The lowest BCUT2D eigenvalue weighted by molar-refractivity contribution is -0.660. The van der Waals surface area contributed by atoms with Gasteiger partial charge >= 0.3 is 0 Å². The topological polar surface area (TPSA) is 34.8 Å². The van der Waals surface area contributed by atoms with Crippen LogP contribution in [-0.2, 0) is 13.6 Å². The standard InChI is InChI=1S/C22H26N3OS2/c1-12-8-18(16(5)27-12)21-22(19-9-13(2)28-17(19)6)25(11-24(21)7)10-20-23-14(3)15(4)26-20/h8-9,11H,10H2,1-7H3/q+1. The predicted molar refractivity (Wildman–Crippen MR) is 116 cm³/mol. The summed E-state index contributed by atoms with van der Waals surface area (Å²) in [6.07, 6.45) is 2.17. The van der Waals surface area contributed by atoms with E-state index in [4.69, 9.17) is 4.42 Å². The molecular formula is C22H26N3OS2+. The maximum atomic E-state index is 5.89. The van der Waals surface area contributed by atoms with Gasteiger partial charge in [0, 0.05) is 30.6 Å². The lowest BCUT2D eigenvalue weighted by atomic mass is 10.1. The smallest absolute Gasteiger partial charge is 0.245 e. The van der Waals surface area contributed by atoms with Gasteiger partial charge in [0.1, 0.15) is 5.76 Å². The first-order valence-electron chi connectivity index (χ1n) is 9.41. The molecule has 0 unspecified atom stereocenters.